The monoisotopic (exact) mass is 282 g/mol. The molecule has 19 heavy (non-hydrogen) atoms. The van der Waals surface area contributed by atoms with Crippen molar-refractivity contribution in [3.05, 3.63) is 16.1 Å². The molecular formula is C14H22N2O2S. The van der Waals surface area contributed by atoms with Gasteiger partial charge in [-0.25, -0.2) is 4.98 Å². The number of aromatic nitrogens is 1. The van der Waals surface area contributed by atoms with Crippen molar-refractivity contribution in [1.82, 2.24) is 9.88 Å². The van der Waals surface area contributed by atoms with Crippen LogP contribution in [0.3, 0.4) is 0 Å². The van der Waals surface area contributed by atoms with Crippen LogP contribution in [0.4, 0.5) is 0 Å². The summed E-state index contributed by atoms with van der Waals surface area (Å²) in [5.74, 6) is 0.149. The molecule has 0 saturated carbocycles. The molecule has 2 unspecified atom stereocenters. The zero-order valence-corrected chi connectivity index (χ0v) is 12.4. The highest BCUT2D eigenvalue weighted by atomic mass is 32.1. The number of carbonyl (C=O) groups is 1. The van der Waals surface area contributed by atoms with Gasteiger partial charge in [0.1, 0.15) is 0 Å². The van der Waals surface area contributed by atoms with Crippen LogP contribution in [0, 0.1) is 0 Å². The molecular weight excluding hydrogens is 260 g/mol. The minimum atomic E-state index is -0.343. The summed E-state index contributed by atoms with van der Waals surface area (Å²) in [5, 5.41) is 12.6. The molecule has 0 bridgehead atoms. The summed E-state index contributed by atoms with van der Waals surface area (Å²) in [6, 6.07) is 0.205. The van der Waals surface area contributed by atoms with Gasteiger partial charge < -0.3 is 10.0 Å². The number of likely N-dealkylation sites (tertiary alicyclic amines) is 1. The standard InChI is InChI=1S/C14H22N2O2S/c1-3-13-15-11(9-19-13)8-14(18)16-6-4-5-12(16)7-10(2)17/h9-10,12,17H,3-8H2,1-2H3. The van der Waals surface area contributed by atoms with Gasteiger partial charge in [-0.1, -0.05) is 6.92 Å². The Morgan fingerprint density at radius 1 is 1.68 bits per heavy atom. The Labute approximate surface area is 118 Å². The number of amides is 1. The molecule has 0 aromatic carbocycles. The van der Waals surface area contributed by atoms with Gasteiger partial charge in [0.05, 0.1) is 23.2 Å². The van der Waals surface area contributed by atoms with Crippen LogP contribution >= 0.6 is 11.3 Å². The Morgan fingerprint density at radius 2 is 2.47 bits per heavy atom. The van der Waals surface area contributed by atoms with Crippen LogP contribution in [0.25, 0.3) is 0 Å². The minimum absolute atomic E-state index is 0.149. The summed E-state index contributed by atoms with van der Waals surface area (Å²) < 4.78 is 0. The van der Waals surface area contributed by atoms with Crippen LogP contribution in [0.1, 0.15) is 43.8 Å². The Kier molecular flexibility index (Phi) is 4.93. The summed E-state index contributed by atoms with van der Waals surface area (Å²) in [6.45, 7) is 4.68. The maximum atomic E-state index is 12.3. The van der Waals surface area contributed by atoms with Crippen LogP contribution in [-0.2, 0) is 17.6 Å². The predicted octanol–water partition coefficient (Wildman–Crippen LogP) is 2.01. The molecule has 5 heteroatoms. The second-order valence-electron chi connectivity index (χ2n) is 5.23. The zero-order chi connectivity index (χ0) is 13.8. The first-order chi connectivity index (χ1) is 9.10. The lowest BCUT2D eigenvalue weighted by atomic mass is 10.1. The molecule has 1 N–H and O–H groups in total. The molecule has 1 aliphatic heterocycles. The van der Waals surface area contributed by atoms with E-state index in [2.05, 4.69) is 11.9 Å². The third-order valence-corrected chi connectivity index (χ3v) is 4.59. The summed E-state index contributed by atoms with van der Waals surface area (Å²) in [7, 11) is 0. The van der Waals surface area contributed by atoms with Crippen molar-refractivity contribution in [2.45, 2.75) is 58.1 Å². The largest absolute Gasteiger partial charge is 0.393 e. The van der Waals surface area contributed by atoms with Crippen LogP contribution in [0.2, 0.25) is 0 Å². The molecule has 1 fully saturated rings. The lowest BCUT2D eigenvalue weighted by Gasteiger charge is -2.25. The van der Waals surface area contributed by atoms with Crippen molar-refractivity contribution in [2.24, 2.45) is 0 Å². The van der Waals surface area contributed by atoms with E-state index in [1.165, 1.54) is 0 Å². The molecule has 0 radical (unpaired) electrons. The quantitative estimate of drug-likeness (QED) is 0.899. The summed E-state index contributed by atoms with van der Waals surface area (Å²) in [6.07, 6.45) is 3.71. The van der Waals surface area contributed by atoms with E-state index >= 15 is 0 Å². The number of hydrogen-bond donors (Lipinski definition) is 1. The van der Waals surface area contributed by atoms with Gasteiger partial charge in [0, 0.05) is 18.0 Å². The Morgan fingerprint density at radius 3 is 3.11 bits per heavy atom. The lowest BCUT2D eigenvalue weighted by Crippen LogP contribution is -2.38. The minimum Gasteiger partial charge on any atom is -0.393 e. The highest BCUT2D eigenvalue weighted by Crippen LogP contribution is 2.22. The highest BCUT2D eigenvalue weighted by molar-refractivity contribution is 7.09. The van der Waals surface area contributed by atoms with Crippen LogP contribution in [-0.4, -0.2) is 39.6 Å². The third-order valence-electron chi connectivity index (χ3n) is 3.54. The highest BCUT2D eigenvalue weighted by Gasteiger charge is 2.29. The van der Waals surface area contributed by atoms with Gasteiger partial charge in [0.15, 0.2) is 0 Å². The van der Waals surface area contributed by atoms with E-state index in [0.29, 0.717) is 12.8 Å². The number of carbonyl (C=O) groups excluding carboxylic acids is 1. The molecule has 2 rings (SSSR count). The van der Waals surface area contributed by atoms with E-state index in [-0.39, 0.29) is 18.1 Å². The molecule has 1 aliphatic rings. The molecule has 4 nitrogen and oxygen atoms in total. The molecule has 1 saturated heterocycles. The first-order valence-corrected chi connectivity index (χ1v) is 7.89. The number of thiazole rings is 1. The van der Waals surface area contributed by atoms with E-state index in [0.717, 1.165) is 36.5 Å². The van der Waals surface area contributed by atoms with Crippen molar-refractivity contribution in [3.8, 4) is 0 Å². The summed E-state index contributed by atoms with van der Waals surface area (Å²) in [4.78, 5) is 18.7. The van der Waals surface area contributed by atoms with Gasteiger partial charge in [0.25, 0.3) is 0 Å². The number of nitrogens with zero attached hydrogens (tertiary/aromatic N) is 2. The fourth-order valence-corrected chi connectivity index (χ4v) is 3.40. The fraction of sp³-hybridized carbons (Fsp3) is 0.714. The topological polar surface area (TPSA) is 53.4 Å². The second-order valence-corrected chi connectivity index (χ2v) is 6.17. The number of aliphatic hydroxyl groups excluding tert-OH is 1. The van der Waals surface area contributed by atoms with Gasteiger partial charge in [0.2, 0.25) is 5.91 Å². The van der Waals surface area contributed by atoms with Gasteiger partial charge in [-0.2, -0.15) is 0 Å². The predicted molar refractivity (Wildman–Crippen MR) is 76.2 cm³/mol. The molecule has 1 aromatic rings. The van der Waals surface area contributed by atoms with Crippen molar-refractivity contribution in [2.75, 3.05) is 6.54 Å². The van der Waals surface area contributed by atoms with E-state index in [1.807, 2.05) is 10.3 Å². The number of aliphatic hydroxyl groups is 1. The van der Waals surface area contributed by atoms with Crippen molar-refractivity contribution in [1.29, 1.82) is 0 Å². The SMILES string of the molecule is CCc1nc(CC(=O)N2CCCC2CC(C)O)cs1. The second kappa shape index (κ2) is 6.48. The van der Waals surface area contributed by atoms with Gasteiger partial charge in [-0.15, -0.1) is 11.3 Å². The van der Waals surface area contributed by atoms with Crippen LogP contribution < -0.4 is 0 Å². The lowest BCUT2D eigenvalue weighted by molar-refractivity contribution is -0.131. The average molecular weight is 282 g/mol. The molecule has 1 aromatic heterocycles. The van der Waals surface area contributed by atoms with Crippen LogP contribution in [0.15, 0.2) is 5.38 Å². The van der Waals surface area contributed by atoms with Crippen LogP contribution in [0.5, 0.6) is 0 Å². The molecule has 1 amide bonds. The normalized spacial score (nSPS) is 20.8. The summed E-state index contributed by atoms with van der Waals surface area (Å²) >= 11 is 1.62. The number of aryl methyl sites for hydroxylation is 1. The summed E-state index contributed by atoms with van der Waals surface area (Å²) in [5.41, 5.74) is 0.884. The van der Waals surface area contributed by atoms with E-state index < -0.39 is 0 Å². The zero-order valence-electron chi connectivity index (χ0n) is 11.6. The van der Waals surface area contributed by atoms with Crippen molar-refractivity contribution < 1.29 is 9.90 Å². The maximum Gasteiger partial charge on any atom is 0.228 e. The Balaban J connectivity index is 1.94. The van der Waals surface area contributed by atoms with E-state index in [9.17, 15) is 9.90 Å². The fourth-order valence-electron chi connectivity index (χ4n) is 2.65. The third kappa shape index (κ3) is 3.76. The number of hydrogen-bond acceptors (Lipinski definition) is 4. The maximum absolute atomic E-state index is 12.3. The van der Waals surface area contributed by atoms with E-state index in [1.54, 1.807) is 18.3 Å². The molecule has 2 heterocycles. The molecule has 106 valence electrons. The van der Waals surface area contributed by atoms with Gasteiger partial charge in [-0.3, -0.25) is 4.79 Å². The van der Waals surface area contributed by atoms with Gasteiger partial charge in [-0.05, 0) is 32.6 Å². The molecule has 2 atom stereocenters. The smallest absolute Gasteiger partial charge is 0.228 e. The Bertz CT molecular complexity index is 431. The van der Waals surface area contributed by atoms with E-state index in [4.69, 9.17) is 0 Å². The Hall–Kier alpha value is -0.940. The number of rotatable bonds is 5. The first kappa shape index (κ1) is 14.5. The average Bonchev–Trinajstić information content (AvgIpc) is 2.97. The van der Waals surface area contributed by atoms with Crippen molar-refractivity contribution >= 4 is 17.2 Å². The first-order valence-electron chi connectivity index (χ1n) is 7.01. The van der Waals surface area contributed by atoms with Crippen molar-refractivity contribution in [3.63, 3.8) is 0 Å². The van der Waals surface area contributed by atoms with Gasteiger partial charge >= 0.3 is 0 Å². The molecule has 0 spiro atoms. The molecule has 0 aliphatic carbocycles.